The maximum atomic E-state index is 12.7. The van der Waals surface area contributed by atoms with E-state index in [-0.39, 0.29) is 11.8 Å². The van der Waals surface area contributed by atoms with Gasteiger partial charge in [0.15, 0.2) is 0 Å². The summed E-state index contributed by atoms with van der Waals surface area (Å²) in [4.78, 5) is 25.8. The molecule has 0 aliphatic rings. The number of thiophene rings is 1. The molecule has 0 bridgehead atoms. The van der Waals surface area contributed by atoms with Crippen LogP contribution in [0.5, 0.6) is 5.75 Å². The van der Waals surface area contributed by atoms with Gasteiger partial charge in [-0.25, -0.2) is 0 Å². The molecule has 0 spiro atoms. The Balaban J connectivity index is 1.56. The van der Waals surface area contributed by atoms with Crippen LogP contribution >= 0.6 is 11.3 Å². The number of hydrogen-bond acceptors (Lipinski definition) is 4. The first-order valence-electron chi connectivity index (χ1n) is 9.47. The van der Waals surface area contributed by atoms with Crippen LogP contribution in [0.15, 0.2) is 72.1 Å². The lowest BCUT2D eigenvalue weighted by Gasteiger charge is -2.18. The summed E-state index contributed by atoms with van der Waals surface area (Å²) in [6.07, 6.45) is 0.419. The highest BCUT2D eigenvalue weighted by atomic mass is 32.1. The number of hydrogen-bond donors (Lipinski definition) is 2. The highest BCUT2D eigenvalue weighted by molar-refractivity contribution is 7.12. The first-order chi connectivity index (χ1) is 14.1. The summed E-state index contributed by atoms with van der Waals surface area (Å²) in [6, 6.07) is 20.3. The molecule has 0 unspecified atom stereocenters. The van der Waals surface area contributed by atoms with Gasteiger partial charge in [0, 0.05) is 6.42 Å². The van der Waals surface area contributed by atoms with Crippen molar-refractivity contribution in [1.82, 2.24) is 10.6 Å². The number of amides is 2. The van der Waals surface area contributed by atoms with E-state index < -0.39 is 6.04 Å². The molecule has 1 atom stereocenters. The van der Waals surface area contributed by atoms with E-state index in [0.717, 1.165) is 16.9 Å². The van der Waals surface area contributed by atoms with E-state index in [0.29, 0.717) is 24.4 Å². The first-order valence-corrected chi connectivity index (χ1v) is 10.4. The van der Waals surface area contributed by atoms with Gasteiger partial charge in [-0.3, -0.25) is 9.59 Å². The molecular weight excluding hydrogens is 384 g/mol. The summed E-state index contributed by atoms with van der Waals surface area (Å²) in [5.74, 6) is 0.296. The minimum absolute atomic E-state index is 0.230. The largest absolute Gasteiger partial charge is 0.492 e. The number of carbonyl (C=O) groups is 2. The second kappa shape index (κ2) is 10.4. The Morgan fingerprint density at radius 2 is 1.86 bits per heavy atom. The third-order valence-corrected chi connectivity index (χ3v) is 5.18. The van der Waals surface area contributed by atoms with Crippen molar-refractivity contribution in [1.29, 1.82) is 0 Å². The smallest absolute Gasteiger partial charge is 0.262 e. The van der Waals surface area contributed by atoms with Gasteiger partial charge in [-0.15, -0.1) is 11.3 Å². The monoisotopic (exact) mass is 408 g/mol. The molecule has 1 heterocycles. The predicted molar refractivity (Wildman–Crippen MR) is 115 cm³/mol. The molecule has 1 aromatic heterocycles. The Morgan fingerprint density at radius 1 is 1.03 bits per heavy atom. The van der Waals surface area contributed by atoms with Gasteiger partial charge in [0.25, 0.3) is 5.91 Å². The lowest BCUT2D eigenvalue weighted by molar-refractivity contribution is -0.123. The molecule has 29 heavy (non-hydrogen) atoms. The van der Waals surface area contributed by atoms with Crippen LogP contribution in [0.1, 0.15) is 20.8 Å². The van der Waals surface area contributed by atoms with E-state index in [1.807, 2.05) is 73.0 Å². The van der Waals surface area contributed by atoms with E-state index in [1.165, 1.54) is 11.3 Å². The molecule has 3 rings (SSSR count). The highest BCUT2D eigenvalue weighted by Crippen LogP contribution is 2.12. The summed E-state index contributed by atoms with van der Waals surface area (Å²) in [5, 5.41) is 7.55. The zero-order valence-electron chi connectivity index (χ0n) is 16.3. The lowest BCUT2D eigenvalue weighted by atomic mass is 10.1. The molecule has 2 aromatic carbocycles. The fraction of sp³-hybridized carbons (Fsp3) is 0.217. The molecule has 0 radical (unpaired) electrons. The van der Waals surface area contributed by atoms with Crippen LogP contribution in [0, 0.1) is 6.92 Å². The molecule has 0 saturated heterocycles. The number of rotatable bonds is 9. The van der Waals surface area contributed by atoms with Gasteiger partial charge in [0.2, 0.25) is 5.91 Å². The predicted octanol–water partition coefficient (Wildman–Crippen LogP) is 3.59. The normalized spacial score (nSPS) is 11.5. The van der Waals surface area contributed by atoms with Crippen molar-refractivity contribution in [2.75, 3.05) is 13.2 Å². The SMILES string of the molecule is Cc1cccc(OCCNC(=O)[C@H](Cc2ccccc2)NC(=O)c2cccs2)c1. The lowest BCUT2D eigenvalue weighted by Crippen LogP contribution is -2.48. The van der Waals surface area contributed by atoms with E-state index in [9.17, 15) is 9.59 Å². The Hall–Kier alpha value is -3.12. The average Bonchev–Trinajstić information content (AvgIpc) is 3.26. The first kappa shape index (κ1) is 20.6. The van der Waals surface area contributed by atoms with Crippen molar-refractivity contribution in [3.05, 3.63) is 88.1 Å². The van der Waals surface area contributed by atoms with Gasteiger partial charge in [0.1, 0.15) is 18.4 Å². The number of aryl methyl sites for hydroxylation is 1. The van der Waals surface area contributed by atoms with Crippen molar-refractivity contribution in [2.24, 2.45) is 0 Å². The minimum atomic E-state index is -0.661. The van der Waals surface area contributed by atoms with E-state index >= 15 is 0 Å². The van der Waals surface area contributed by atoms with Crippen molar-refractivity contribution < 1.29 is 14.3 Å². The summed E-state index contributed by atoms with van der Waals surface area (Å²) in [6.45, 7) is 2.71. The molecule has 6 heteroatoms. The van der Waals surface area contributed by atoms with E-state index in [4.69, 9.17) is 4.74 Å². The van der Waals surface area contributed by atoms with Crippen LogP contribution in [0.3, 0.4) is 0 Å². The van der Waals surface area contributed by atoms with Crippen LogP contribution in [0.4, 0.5) is 0 Å². The summed E-state index contributed by atoms with van der Waals surface area (Å²) < 4.78 is 5.67. The van der Waals surface area contributed by atoms with Gasteiger partial charge < -0.3 is 15.4 Å². The van der Waals surface area contributed by atoms with Gasteiger partial charge in [-0.2, -0.15) is 0 Å². The summed E-state index contributed by atoms with van der Waals surface area (Å²) in [5.41, 5.74) is 2.10. The van der Waals surface area contributed by atoms with Gasteiger partial charge >= 0.3 is 0 Å². The van der Waals surface area contributed by atoms with Crippen LogP contribution in [-0.2, 0) is 11.2 Å². The van der Waals surface area contributed by atoms with Crippen LogP contribution in [0.2, 0.25) is 0 Å². The molecule has 5 nitrogen and oxygen atoms in total. The second-order valence-electron chi connectivity index (χ2n) is 6.65. The average molecular weight is 409 g/mol. The Labute approximate surface area is 174 Å². The Morgan fingerprint density at radius 3 is 2.59 bits per heavy atom. The molecule has 2 amide bonds. The zero-order valence-corrected chi connectivity index (χ0v) is 17.1. The van der Waals surface area contributed by atoms with Crippen molar-refractivity contribution in [3.8, 4) is 5.75 Å². The second-order valence-corrected chi connectivity index (χ2v) is 7.60. The molecular formula is C23H24N2O3S. The molecule has 150 valence electrons. The fourth-order valence-electron chi connectivity index (χ4n) is 2.87. The molecule has 0 aliphatic heterocycles. The van der Waals surface area contributed by atoms with Gasteiger partial charge in [-0.05, 0) is 41.6 Å². The molecule has 0 fully saturated rings. The van der Waals surface area contributed by atoms with E-state index in [2.05, 4.69) is 10.6 Å². The van der Waals surface area contributed by atoms with Crippen molar-refractivity contribution in [3.63, 3.8) is 0 Å². The van der Waals surface area contributed by atoms with E-state index in [1.54, 1.807) is 6.07 Å². The van der Waals surface area contributed by atoms with Crippen molar-refractivity contribution >= 4 is 23.2 Å². The molecule has 3 aromatic rings. The molecule has 0 aliphatic carbocycles. The topological polar surface area (TPSA) is 67.4 Å². The summed E-state index contributed by atoms with van der Waals surface area (Å²) in [7, 11) is 0. The number of carbonyl (C=O) groups excluding carboxylic acids is 2. The number of nitrogens with one attached hydrogen (secondary N) is 2. The Kier molecular flexibility index (Phi) is 7.41. The molecule has 2 N–H and O–H groups in total. The third kappa shape index (κ3) is 6.47. The van der Waals surface area contributed by atoms with Crippen LogP contribution in [-0.4, -0.2) is 31.0 Å². The summed E-state index contributed by atoms with van der Waals surface area (Å²) >= 11 is 1.35. The zero-order chi connectivity index (χ0) is 20.5. The van der Waals surface area contributed by atoms with Crippen LogP contribution in [0.25, 0.3) is 0 Å². The van der Waals surface area contributed by atoms with Gasteiger partial charge in [-0.1, -0.05) is 48.5 Å². The minimum Gasteiger partial charge on any atom is -0.492 e. The number of ether oxygens (including phenoxy) is 1. The quantitative estimate of drug-likeness (QED) is 0.532. The number of benzene rings is 2. The maximum Gasteiger partial charge on any atom is 0.262 e. The maximum absolute atomic E-state index is 12.7. The highest BCUT2D eigenvalue weighted by Gasteiger charge is 2.22. The standard InChI is InChI=1S/C23H24N2O3S/c1-17-7-5-10-19(15-17)28-13-12-24-22(26)20(16-18-8-3-2-4-9-18)25-23(27)21-11-6-14-29-21/h2-11,14-15,20H,12-13,16H2,1H3,(H,24,26)(H,25,27)/t20-/m0/s1. The Bertz CT molecular complexity index is 926. The van der Waals surface area contributed by atoms with Crippen LogP contribution < -0.4 is 15.4 Å². The fourth-order valence-corrected chi connectivity index (χ4v) is 3.49. The van der Waals surface area contributed by atoms with Crippen molar-refractivity contribution in [2.45, 2.75) is 19.4 Å². The van der Waals surface area contributed by atoms with Gasteiger partial charge in [0.05, 0.1) is 11.4 Å². The molecule has 0 saturated carbocycles. The third-order valence-electron chi connectivity index (χ3n) is 4.31.